The minimum absolute atomic E-state index is 0.286. The van der Waals surface area contributed by atoms with Crippen molar-refractivity contribution >= 4 is 21.6 Å². The molecule has 0 radical (unpaired) electrons. The van der Waals surface area contributed by atoms with Crippen LogP contribution in [-0.4, -0.2) is 19.8 Å². The predicted octanol–water partition coefficient (Wildman–Crippen LogP) is 2.76. The van der Waals surface area contributed by atoms with E-state index in [-0.39, 0.29) is 4.90 Å². The Bertz CT molecular complexity index is 447. The molecule has 1 aromatic carbocycles. The molecule has 0 saturated carbocycles. The van der Waals surface area contributed by atoms with E-state index in [1.54, 1.807) is 30.3 Å². The summed E-state index contributed by atoms with van der Waals surface area (Å²) in [4.78, 5) is 0.286. The van der Waals surface area contributed by atoms with Crippen molar-refractivity contribution in [2.75, 3.05) is 5.88 Å². The molecule has 0 aliphatic heterocycles. The van der Waals surface area contributed by atoms with Crippen LogP contribution in [0.5, 0.6) is 0 Å². The molecular weight excluding hydrogens is 258 g/mol. The topological polar surface area (TPSA) is 46.2 Å². The Morgan fingerprint density at radius 2 is 1.88 bits per heavy atom. The van der Waals surface area contributed by atoms with E-state index in [1.807, 2.05) is 13.8 Å². The van der Waals surface area contributed by atoms with Crippen LogP contribution in [-0.2, 0) is 10.0 Å². The van der Waals surface area contributed by atoms with Crippen LogP contribution < -0.4 is 4.72 Å². The molecule has 96 valence electrons. The number of rotatable bonds is 6. The monoisotopic (exact) mass is 275 g/mol. The second-order valence-corrected chi connectivity index (χ2v) is 6.33. The largest absolute Gasteiger partial charge is 0.241 e. The van der Waals surface area contributed by atoms with Gasteiger partial charge in [-0.1, -0.05) is 25.1 Å². The fourth-order valence-corrected chi connectivity index (χ4v) is 3.44. The molecule has 1 unspecified atom stereocenters. The third-order valence-electron chi connectivity index (χ3n) is 2.86. The highest BCUT2D eigenvalue weighted by Crippen LogP contribution is 2.19. The third kappa shape index (κ3) is 3.98. The van der Waals surface area contributed by atoms with Gasteiger partial charge in [0.05, 0.1) is 4.90 Å². The lowest BCUT2D eigenvalue weighted by Gasteiger charge is -2.28. The standard InChI is InChI=1S/C12H18ClNO2S/c1-3-12(2,9-10-13)14-17(15,16)11-7-5-4-6-8-11/h4-8,14H,3,9-10H2,1-2H3. The van der Waals surface area contributed by atoms with E-state index in [0.29, 0.717) is 18.7 Å². The molecule has 0 aliphatic carbocycles. The smallest absolute Gasteiger partial charge is 0.207 e. The van der Waals surface area contributed by atoms with E-state index >= 15 is 0 Å². The van der Waals surface area contributed by atoms with Crippen molar-refractivity contribution in [2.45, 2.75) is 37.1 Å². The van der Waals surface area contributed by atoms with Crippen LogP contribution in [0.3, 0.4) is 0 Å². The fourth-order valence-electron chi connectivity index (χ4n) is 1.49. The van der Waals surface area contributed by atoms with Crippen LogP contribution in [0.1, 0.15) is 26.7 Å². The summed E-state index contributed by atoms with van der Waals surface area (Å²) < 4.78 is 27.0. The Morgan fingerprint density at radius 1 is 1.29 bits per heavy atom. The van der Waals surface area contributed by atoms with Crippen molar-refractivity contribution in [1.29, 1.82) is 0 Å². The van der Waals surface area contributed by atoms with Crippen LogP contribution in [0, 0.1) is 0 Å². The maximum Gasteiger partial charge on any atom is 0.241 e. The van der Waals surface area contributed by atoms with Crippen molar-refractivity contribution in [3.63, 3.8) is 0 Å². The molecule has 0 aromatic heterocycles. The van der Waals surface area contributed by atoms with Gasteiger partial charge >= 0.3 is 0 Å². The van der Waals surface area contributed by atoms with E-state index in [2.05, 4.69) is 4.72 Å². The molecule has 5 heteroatoms. The molecule has 0 saturated heterocycles. The van der Waals surface area contributed by atoms with E-state index in [0.717, 1.165) is 0 Å². The Morgan fingerprint density at radius 3 is 2.35 bits per heavy atom. The number of sulfonamides is 1. The number of alkyl halides is 1. The van der Waals surface area contributed by atoms with Gasteiger partial charge < -0.3 is 0 Å². The zero-order chi connectivity index (χ0) is 12.9. The van der Waals surface area contributed by atoms with Gasteiger partial charge in [-0.3, -0.25) is 0 Å². The normalized spacial score (nSPS) is 15.5. The van der Waals surface area contributed by atoms with Crippen molar-refractivity contribution in [1.82, 2.24) is 4.72 Å². The number of benzene rings is 1. The quantitative estimate of drug-likeness (QED) is 0.812. The molecule has 17 heavy (non-hydrogen) atoms. The van der Waals surface area contributed by atoms with Crippen molar-refractivity contribution < 1.29 is 8.42 Å². The summed E-state index contributed by atoms with van der Waals surface area (Å²) in [5.74, 6) is 0.432. The molecule has 1 rings (SSSR count). The first-order valence-corrected chi connectivity index (χ1v) is 7.60. The average Bonchev–Trinajstić information content (AvgIpc) is 2.30. The van der Waals surface area contributed by atoms with Gasteiger partial charge in [0.25, 0.3) is 0 Å². The van der Waals surface area contributed by atoms with Gasteiger partial charge in [-0.2, -0.15) is 0 Å². The van der Waals surface area contributed by atoms with Gasteiger partial charge in [-0.05, 0) is 31.9 Å². The number of hydrogen-bond acceptors (Lipinski definition) is 2. The highest BCUT2D eigenvalue weighted by Gasteiger charge is 2.28. The molecule has 1 N–H and O–H groups in total. The zero-order valence-corrected chi connectivity index (χ0v) is 11.7. The fraction of sp³-hybridized carbons (Fsp3) is 0.500. The summed E-state index contributed by atoms with van der Waals surface area (Å²) in [6.07, 6.45) is 1.31. The molecule has 0 amide bonds. The van der Waals surface area contributed by atoms with Crippen molar-refractivity contribution in [3.05, 3.63) is 30.3 Å². The SMILES string of the molecule is CCC(C)(CCCl)NS(=O)(=O)c1ccccc1. The van der Waals surface area contributed by atoms with Crippen LogP contribution in [0.4, 0.5) is 0 Å². The predicted molar refractivity (Wildman–Crippen MR) is 70.8 cm³/mol. The Hall–Kier alpha value is -0.580. The molecule has 3 nitrogen and oxygen atoms in total. The molecule has 0 aliphatic rings. The Labute approximate surface area is 108 Å². The molecule has 0 fully saturated rings. The first-order valence-electron chi connectivity index (χ1n) is 5.58. The van der Waals surface area contributed by atoms with Crippen LogP contribution in [0.25, 0.3) is 0 Å². The maximum atomic E-state index is 12.1. The summed E-state index contributed by atoms with van der Waals surface area (Å²) in [7, 11) is -3.46. The van der Waals surface area contributed by atoms with Crippen LogP contribution >= 0.6 is 11.6 Å². The number of nitrogens with one attached hydrogen (secondary N) is 1. The first kappa shape index (κ1) is 14.5. The van der Waals surface area contributed by atoms with Gasteiger partial charge in [-0.25, -0.2) is 13.1 Å². The summed E-state index contributed by atoms with van der Waals surface area (Å²) >= 11 is 5.70. The van der Waals surface area contributed by atoms with Gasteiger partial charge in [0.1, 0.15) is 0 Å². The van der Waals surface area contributed by atoms with E-state index in [9.17, 15) is 8.42 Å². The summed E-state index contributed by atoms with van der Waals surface area (Å²) in [6, 6.07) is 8.37. The van der Waals surface area contributed by atoms with E-state index in [4.69, 9.17) is 11.6 Å². The second kappa shape index (κ2) is 5.85. The maximum absolute atomic E-state index is 12.1. The van der Waals surface area contributed by atoms with Gasteiger partial charge in [0.15, 0.2) is 0 Å². The van der Waals surface area contributed by atoms with Crippen molar-refractivity contribution in [2.24, 2.45) is 0 Å². The minimum Gasteiger partial charge on any atom is -0.207 e. The minimum atomic E-state index is -3.46. The Kier molecular flexibility index (Phi) is 4.98. The lowest BCUT2D eigenvalue weighted by atomic mass is 9.97. The number of halogens is 1. The van der Waals surface area contributed by atoms with Crippen molar-refractivity contribution in [3.8, 4) is 0 Å². The molecular formula is C12H18ClNO2S. The molecule has 0 bridgehead atoms. The molecule has 0 heterocycles. The van der Waals surface area contributed by atoms with Crippen LogP contribution in [0.2, 0.25) is 0 Å². The highest BCUT2D eigenvalue weighted by atomic mass is 35.5. The summed E-state index contributed by atoms with van der Waals surface area (Å²) in [5, 5.41) is 0. The van der Waals surface area contributed by atoms with Gasteiger partial charge in [-0.15, -0.1) is 11.6 Å². The summed E-state index contributed by atoms with van der Waals surface area (Å²) in [5.41, 5.74) is -0.490. The lowest BCUT2D eigenvalue weighted by molar-refractivity contribution is 0.390. The first-order chi connectivity index (χ1) is 7.93. The van der Waals surface area contributed by atoms with Gasteiger partial charge in [0.2, 0.25) is 10.0 Å². The third-order valence-corrected chi connectivity index (χ3v) is 4.70. The molecule has 1 aromatic rings. The summed E-state index contributed by atoms with van der Waals surface area (Å²) in [6.45, 7) is 3.82. The van der Waals surface area contributed by atoms with E-state index < -0.39 is 15.6 Å². The van der Waals surface area contributed by atoms with E-state index in [1.165, 1.54) is 0 Å². The molecule has 1 atom stereocenters. The molecule has 0 spiro atoms. The highest BCUT2D eigenvalue weighted by molar-refractivity contribution is 7.89. The number of hydrogen-bond donors (Lipinski definition) is 1. The average molecular weight is 276 g/mol. The van der Waals surface area contributed by atoms with Gasteiger partial charge in [0, 0.05) is 11.4 Å². The lowest BCUT2D eigenvalue weighted by Crippen LogP contribution is -2.45. The second-order valence-electron chi connectivity index (χ2n) is 4.27. The zero-order valence-electron chi connectivity index (χ0n) is 10.1. The van der Waals surface area contributed by atoms with Crippen LogP contribution in [0.15, 0.2) is 35.2 Å². The Balaban J connectivity index is 2.94.